The van der Waals surface area contributed by atoms with Crippen molar-refractivity contribution in [2.75, 3.05) is 7.11 Å². The number of rotatable bonds is 3. The zero-order valence-corrected chi connectivity index (χ0v) is 13.5. The lowest BCUT2D eigenvalue weighted by Gasteiger charge is -2.05. The van der Waals surface area contributed by atoms with Crippen LogP contribution in [0.25, 0.3) is 31.9 Å². The van der Waals surface area contributed by atoms with Crippen molar-refractivity contribution in [1.82, 2.24) is 4.98 Å². The van der Waals surface area contributed by atoms with Crippen LogP contribution >= 0.6 is 11.3 Å². The van der Waals surface area contributed by atoms with Gasteiger partial charge in [0.2, 0.25) is 0 Å². The molecule has 2 nitrogen and oxygen atoms in total. The van der Waals surface area contributed by atoms with Gasteiger partial charge in [-0.1, -0.05) is 42.5 Å². The molecule has 0 bridgehead atoms. The lowest BCUT2D eigenvalue weighted by atomic mass is 10.0. The Balaban J connectivity index is 1.75. The number of para-hydroxylation sites is 1. The maximum Gasteiger partial charge on any atom is 0.124 e. The average molecular weight is 317 g/mol. The third-order valence-corrected chi connectivity index (χ3v) is 4.91. The van der Waals surface area contributed by atoms with Gasteiger partial charge in [0.25, 0.3) is 0 Å². The molecule has 0 amide bonds. The predicted octanol–water partition coefficient (Wildman–Crippen LogP) is 5.64. The van der Waals surface area contributed by atoms with Gasteiger partial charge in [-0.2, -0.15) is 0 Å². The fourth-order valence-electron chi connectivity index (χ4n) is 2.61. The molecule has 0 N–H and O–H groups in total. The Morgan fingerprint density at radius 3 is 2.35 bits per heavy atom. The lowest BCUT2D eigenvalue weighted by molar-refractivity contribution is 0.415. The summed E-state index contributed by atoms with van der Waals surface area (Å²) in [6.45, 7) is 0. The summed E-state index contributed by atoms with van der Waals surface area (Å²) in [5.74, 6) is 0.871. The fourth-order valence-corrected chi connectivity index (χ4v) is 3.57. The molecule has 0 aliphatic rings. The summed E-state index contributed by atoms with van der Waals surface area (Å²) >= 11 is 1.73. The standard InChI is InChI=1S/C20H15NOS/c1-22-17-11-9-14(10-12-17)15-5-4-6-16(13-15)20-21-18-7-2-3-8-19(18)23-20/h2-13H,1H3. The van der Waals surface area contributed by atoms with Gasteiger partial charge in [-0.15, -0.1) is 11.3 Å². The molecule has 0 atom stereocenters. The SMILES string of the molecule is COc1ccc(-c2cccc(-c3nc4ccccc4s3)c2)cc1. The smallest absolute Gasteiger partial charge is 0.124 e. The predicted molar refractivity (Wildman–Crippen MR) is 97.0 cm³/mol. The largest absolute Gasteiger partial charge is 0.497 e. The number of hydrogen-bond acceptors (Lipinski definition) is 3. The van der Waals surface area contributed by atoms with Crippen LogP contribution in [-0.4, -0.2) is 12.1 Å². The number of methoxy groups -OCH3 is 1. The van der Waals surface area contributed by atoms with Crippen molar-refractivity contribution in [1.29, 1.82) is 0 Å². The third kappa shape index (κ3) is 2.71. The Labute approximate surface area is 139 Å². The monoisotopic (exact) mass is 317 g/mol. The fraction of sp³-hybridized carbons (Fsp3) is 0.0500. The van der Waals surface area contributed by atoms with Crippen molar-refractivity contribution in [3.8, 4) is 27.4 Å². The van der Waals surface area contributed by atoms with E-state index in [0.717, 1.165) is 21.8 Å². The normalized spacial score (nSPS) is 10.8. The van der Waals surface area contributed by atoms with Crippen LogP contribution in [0.3, 0.4) is 0 Å². The molecule has 0 aliphatic carbocycles. The molecule has 0 fully saturated rings. The van der Waals surface area contributed by atoms with Crippen LogP contribution in [0.5, 0.6) is 5.75 Å². The molecule has 3 heteroatoms. The summed E-state index contributed by atoms with van der Waals surface area (Å²) in [5.41, 5.74) is 4.57. The third-order valence-electron chi connectivity index (χ3n) is 3.83. The van der Waals surface area contributed by atoms with Crippen molar-refractivity contribution >= 4 is 21.6 Å². The highest BCUT2D eigenvalue weighted by molar-refractivity contribution is 7.21. The number of benzene rings is 3. The molecule has 0 aliphatic heterocycles. The maximum atomic E-state index is 5.22. The van der Waals surface area contributed by atoms with Gasteiger partial charge in [-0.25, -0.2) is 4.98 Å². The second kappa shape index (κ2) is 5.86. The highest BCUT2D eigenvalue weighted by Crippen LogP contribution is 2.32. The van der Waals surface area contributed by atoms with Crippen LogP contribution in [0, 0.1) is 0 Å². The summed E-state index contributed by atoms with van der Waals surface area (Å²) in [4.78, 5) is 4.74. The number of ether oxygens (including phenoxy) is 1. The highest BCUT2D eigenvalue weighted by atomic mass is 32.1. The maximum absolute atomic E-state index is 5.22. The summed E-state index contributed by atoms with van der Waals surface area (Å²) in [6.07, 6.45) is 0. The first-order valence-corrected chi connectivity index (χ1v) is 8.25. The first-order chi connectivity index (χ1) is 11.3. The lowest BCUT2D eigenvalue weighted by Crippen LogP contribution is -1.83. The van der Waals surface area contributed by atoms with Crippen LogP contribution in [0.4, 0.5) is 0 Å². The van der Waals surface area contributed by atoms with E-state index >= 15 is 0 Å². The minimum absolute atomic E-state index is 0.871. The van der Waals surface area contributed by atoms with Crippen LogP contribution in [0.15, 0.2) is 72.8 Å². The summed E-state index contributed by atoms with van der Waals surface area (Å²) in [6, 6.07) is 24.9. The number of hydrogen-bond donors (Lipinski definition) is 0. The molecule has 0 radical (unpaired) electrons. The summed E-state index contributed by atoms with van der Waals surface area (Å²) < 4.78 is 6.44. The molecule has 3 aromatic carbocycles. The van der Waals surface area contributed by atoms with Gasteiger partial charge < -0.3 is 4.74 Å². The van der Waals surface area contributed by atoms with Crippen molar-refractivity contribution in [3.05, 3.63) is 72.8 Å². The number of nitrogens with zero attached hydrogens (tertiary/aromatic N) is 1. The van der Waals surface area contributed by atoms with E-state index < -0.39 is 0 Å². The van der Waals surface area contributed by atoms with Crippen molar-refractivity contribution < 1.29 is 4.74 Å². The molecule has 0 saturated carbocycles. The second-order valence-corrected chi connectivity index (χ2v) is 6.33. The Morgan fingerprint density at radius 1 is 0.783 bits per heavy atom. The Hall–Kier alpha value is -2.65. The van der Waals surface area contributed by atoms with E-state index in [1.54, 1.807) is 18.4 Å². The minimum atomic E-state index is 0.871. The van der Waals surface area contributed by atoms with E-state index in [9.17, 15) is 0 Å². The average Bonchev–Trinajstić information content (AvgIpc) is 3.06. The molecular weight excluding hydrogens is 302 g/mol. The van der Waals surface area contributed by atoms with E-state index in [1.807, 2.05) is 18.2 Å². The molecule has 0 spiro atoms. The van der Waals surface area contributed by atoms with Gasteiger partial charge in [-0.3, -0.25) is 0 Å². The van der Waals surface area contributed by atoms with E-state index in [-0.39, 0.29) is 0 Å². The molecule has 4 aromatic rings. The van der Waals surface area contributed by atoms with E-state index in [0.29, 0.717) is 0 Å². The molecule has 0 saturated heterocycles. The quantitative estimate of drug-likeness (QED) is 0.488. The summed E-state index contributed by atoms with van der Waals surface area (Å²) in [7, 11) is 1.68. The first-order valence-electron chi connectivity index (χ1n) is 7.44. The van der Waals surface area contributed by atoms with Gasteiger partial charge in [-0.05, 0) is 41.5 Å². The molecule has 112 valence electrons. The summed E-state index contributed by atoms with van der Waals surface area (Å²) in [5, 5.41) is 1.06. The molecule has 1 aromatic heterocycles. The Kier molecular flexibility index (Phi) is 3.56. The van der Waals surface area contributed by atoms with Crippen molar-refractivity contribution in [2.45, 2.75) is 0 Å². The molecular formula is C20H15NOS. The van der Waals surface area contributed by atoms with Gasteiger partial charge in [0, 0.05) is 5.56 Å². The van der Waals surface area contributed by atoms with E-state index in [4.69, 9.17) is 9.72 Å². The van der Waals surface area contributed by atoms with Crippen LogP contribution in [-0.2, 0) is 0 Å². The van der Waals surface area contributed by atoms with Crippen LogP contribution < -0.4 is 4.74 Å². The second-order valence-electron chi connectivity index (χ2n) is 5.30. The van der Waals surface area contributed by atoms with Gasteiger partial charge >= 0.3 is 0 Å². The molecule has 1 heterocycles. The van der Waals surface area contributed by atoms with Crippen LogP contribution in [0.1, 0.15) is 0 Å². The van der Waals surface area contributed by atoms with E-state index in [1.165, 1.54) is 15.8 Å². The van der Waals surface area contributed by atoms with Crippen LogP contribution in [0.2, 0.25) is 0 Å². The van der Waals surface area contributed by atoms with Crippen molar-refractivity contribution in [3.63, 3.8) is 0 Å². The Morgan fingerprint density at radius 2 is 1.57 bits per heavy atom. The van der Waals surface area contributed by atoms with Gasteiger partial charge in [0.05, 0.1) is 17.3 Å². The van der Waals surface area contributed by atoms with E-state index in [2.05, 4.69) is 54.6 Å². The number of fused-ring (bicyclic) bond motifs is 1. The number of aromatic nitrogens is 1. The zero-order chi connectivity index (χ0) is 15.6. The molecule has 0 unspecified atom stereocenters. The first kappa shape index (κ1) is 14.0. The van der Waals surface area contributed by atoms with Crippen molar-refractivity contribution in [2.24, 2.45) is 0 Å². The molecule has 23 heavy (non-hydrogen) atoms. The zero-order valence-electron chi connectivity index (χ0n) is 12.7. The topological polar surface area (TPSA) is 22.1 Å². The van der Waals surface area contributed by atoms with Gasteiger partial charge in [0.15, 0.2) is 0 Å². The highest BCUT2D eigenvalue weighted by Gasteiger charge is 2.07. The molecule has 4 rings (SSSR count). The Bertz CT molecular complexity index is 924. The minimum Gasteiger partial charge on any atom is -0.497 e. The number of thiazole rings is 1. The van der Waals surface area contributed by atoms with Gasteiger partial charge in [0.1, 0.15) is 10.8 Å².